The first-order valence-electron chi connectivity index (χ1n) is 8.10. The summed E-state index contributed by atoms with van der Waals surface area (Å²) in [4.78, 5) is 23.2. The van der Waals surface area contributed by atoms with Gasteiger partial charge in [0.15, 0.2) is 0 Å². The molecule has 20 heavy (non-hydrogen) atoms. The van der Waals surface area contributed by atoms with Crippen molar-refractivity contribution in [2.24, 2.45) is 28.6 Å². The van der Waals surface area contributed by atoms with E-state index < -0.39 is 11.4 Å². The van der Waals surface area contributed by atoms with Gasteiger partial charge in [0.25, 0.3) is 0 Å². The van der Waals surface area contributed by atoms with E-state index in [1.54, 1.807) is 0 Å². The minimum atomic E-state index is -0.623. The summed E-state index contributed by atoms with van der Waals surface area (Å²) in [6, 6.07) is 0. The third kappa shape index (κ3) is 2.01. The second-order valence-corrected chi connectivity index (χ2v) is 8.00. The van der Waals surface area contributed by atoms with Crippen LogP contribution in [0.2, 0.25) is 0 Å². The molecule has 5 atom stereocenters. The molecule has 112 valence electrons. The van der Waals surface area contributed by atoms with E-state index in [-0.39, 0.29) is 5.41 Å². The van der Waals surface area contributed by atoms with Crippen LogP contribution in [-0.4, -0.2) is 16.9 Å². The second kappa shape index (κ2) is 4.57. The molecule has 0 aromatic carbocycles. The van der Waals surface area contributed by atoms with E-state index >= 15 is 0 Å². The van der Waals surface area contributed by atoms with Crippen molar-refractivity contribution in [3.8, 4) is 0 Å². The highest BCUT2D eigenvalue weighted by atomic mass is 16.4. The van der Waals surface area contributed by atoms with Gasteiger partial charge in [-0.2, -0.15) is 0 Å². The van der Waals surface area contributed by atoms with E-state index in [4.69, 9.17) is 0 Å². The van der Waals surface area contributed by atoms with E-state index in [9.17, 15) is 14.7 Å². The van der Waals surface area contributed by atoms with Crippen LogP contribution in [0.3, 0.4) is 0 Å². The average Bonchev–Trinajstić information content (AvgIpc) is 2.39. The van der Waals surface area contributed by atoms with E-state index in [2.05, 4.69) is 6.92 Å². The molecule has 0 amide bonds. The third-order valence-corrected chi connectivity index (χ3v) is 6.89. The molecule has 3 nitrogen and oxygen atoms in total. The maximum atomic E-state index is 11.7. The molecule has 4 unspecified atom stereocenters. The van der Waals surface area contributed by atoms with Gasteiger partial charge in [0, 0.05) is 12.8 Å². The Hall–Kier alpha value is -0.860. The van der Waals surface area contributed by atoms with Gasteiger partial charge in [-0.3, -0.25) is 9.59 Å². The van der Waals surface area contributed by atoms with Crippen LogP contribution in [0.15, 0.2) is 0 Å². The molecule has 0 aromatic heterocycles. The predicted octanol–water partition coefficient (Wildman–Crippen LogP) is 3.66. The number of carboxylic acids is 1. The van der Waals surface area contributed by atoms with Crippen LogP contribution in [0, 0.1) is 28.6 Å². The zero-order valence-corrected chi connectivity index (χ0v) is 12.7. The van der Waals surface area contributed by atoms with E-state index in [1.807, 2.05) is 6.92 Å². The number of carbonyl (C=O) groups excluding carboxylic acids is 1. The lowest BCUT2D eigenvalue weighted by molar-refractivity contribution is -0.157. The van der Waals surface area contributed by atoms with Gasteiger partial charge in [-0.1, -0.05) is 6.92 Å². The molecular formula is C17H26O3. The van der Waals surface area contributed by atoms with Crippen molar-refractivity contribution in [2.75, 3.05) is 0 Å². The number of hydrogen-bond donors (Lipinski definition) is 1. The molecule has 0 aliphatic heterocycles. The average molecular weight is 278 g/mol. The lowest BCUT2D eigenvalue weighted by atomic mass is 9.47. The SMILES string of the molecule is CC12CCC(=O)CC1CCC1C[C@@](C)(C(=O)O)CCC12. The summed E-state index contributed by atoms with van der Waals surface area (Å²) in [6.45, 7) is 4.30. The quantitative estimate of drug-likeness (QED) is 0.796. The molecule has 0 aromatic rings. The number of carbonyl (C=O) groups is 2. The summed E-state index contributed by atoms with van der Waals surface area (Å²) in [6.07, 6.45) is 7.47. The van der Waals surface area contributed by atoms with Gasteiger partial charge in [-0.05, 0) is 68.6 Å². The van der Waals surface area contributed by atoms with Crippen LogP contribution in [0.25, 0.3) is 0 Å². The summed E-state index contributed by atoms with van der Waals surface area (Å²) in [5.41, 5.74) is -0.231. The molecule has 3 fully saturated rings. The molecule has 3 heteroatoms. The fourth-order valence-corrected chi connectivity index (χ4v) is 5.46. The highest BCUT2D eigenvalue weighted by Crippen LogP contribution is 2.60. The molecule has 0 bridgehead atoms. The van der Waals surface area contributed by atoms with Crippen LogP contribution in [-0.2, 0) is 9.59 Å². The largest absolute Gasteiger partial charge is 0.481 e. The predicted molar refractivity (Wildman–Crippen MR) is 76.3 cm³/mol. The van der Waals surface area contributed by atoms with Gasteiger partial charge in [-0.25, -0.2) is 0 Å². The Morgan fingerprint density at radius 2 is 1.95 bits per heavy atom. The van der Waals surface area contributed by atoms with E-state index in [1.165, 1.54) is 0 Å². The van der Waals surface area contributed by atoms with Crippen molar-refractivity contribution in [3.63, 3.8) is 0 Å². The summed E-state index contributed by atoms with van der Waals surface area (Å²) in [7, 11) is 0. The molecule has 0 radical (unpaired) electrons. The molecule has 1 N–H and O–H groups in total. The maximum Gasteiger partial charge on any atom is 0.309 e. The highest BCUT2D eigenvalue weighted by Gasteiger charge is 2.54. The van der Waals surface area contributed by atoms with Crippen molar-refractivity contribution in [1.29, 1.82) is 0 Å². The summed E-state index contributed by atoms with van der Waals surface area (Å²) < 4.78 is 0. The Kier molecular flexibility index (Phi) is 3.22. The minimum Gasteiger partial charge on any atom is -0.481 e. The van der Waals surface area contributed by atoms with Crippen LogP contribution >= 0.6 is 0 Å². The number of Topliss-reactive ketones (excluding diaryl/α,β-unsaturated/α-hetero) is 1. The van der Waals surface area contributed by atoms with Gasteiger partial charge in [0.05, 0.1) is 5.41 Å². The number of fused-ring (bicyclic) bond motifs is 3. The van der Waals surface area contributed by atoms with E-state index in [0.29, 0.717) is 23.5 Å². The van der Waals surface area contributed by atoms with Crippen molar-refractivity contribution in [2.45, 2.75) is 65.2 Å². The normalized spacial score (nSPS) is 48.3. The number of hydrogen-bond acceptors (Lipinski definition) is 2. The van der Waals surface area contributed by atoms with Crippen molar-refractivity contribution in [1.82, 2.24) is 0 Å². The highest BCUT2D eigenvalue weighted by molar-refractivity contribution is 5.79. The van der Waals surface area contributed by atoms with Crippen LogP contribution in [0.1, 0.15) is 65.2 Å². The van der Waals surface area contributed by atoms with E-state index in [0.717, 1.165) is 51.4 Å². The molecule has 0 heterocycles. The van der Waals surface area contributed by atoms with Gasteiger partial charge in [0.1, 0.15) is 5.78 Å². The Bertz CT molecular complexity index is 444. The lowest BCUT2D eigenvalue weighted by Crippen LogP contribution is -2.51. The van der Waals surface area contributed by atoms with Crippen LogP contribution < -0.4 is 0 Å². The molecule has 3 aliphatic rings. The van der Waals surface area contributed by atoms with Gasteiger partial charge >= 0.3 is 5.97 Å². The van der Waals surface area contributed by atoms with Crippen molar-refractivity contribution >= 4 is 11.8 Å². The Labute approximate surface area is 121 Å². The molecule has 3 saturated carbocycles. The Morgan fingerprint density at radius 3 is 2.65 bits per heavy atom. The number of rotatable bonds is 1. The molecule has 0 saturated heterocycles. The number of ketones is 1. The first-order chi connectivity index (χ1) is 9.35. The topological polar surface area (TPSA) is 54.4 Å². The van der Waals surface area contributed by atoms with Gasteiger partial charge < -0.3 is 5.11 Å². The zero-order valence-electron chi connectivity index (χ0n) is 12.7. The number of carboxylic acid groups (broad SMARTS) is 1. The minimum absolute atomic E-state index is 0.288. The summed E-state index contributed by atoms with van der Waals surface area (Å²) in [5.74, 6) is 1.57. The smallest absolute Gasteiger partial charge is 0.309 e. The van der Waals surface area contributed by atoms with Gasteiger partial charge in [0.2, 0.25) is 0 Å². The first-order valence-corrected chi connectivity index (χ1v) is 8.10. The molecule has 3 aliphatic carbocycles. The molecule has 0 spiro atoms. The van der Waals surface area contributed by atoms with Crippen molar-refractivity contribution in [3.05, 3.63) is 0 Å². The Balaban J connectivity index is 1.82. The van der Waals surface area contributed by atoms with Crippen molar-refractivity contribution < 1.29 is 14.7 Å². The third-order valence-electron chi connectivity index (χ3n) is 6.89. The lowest BCUT2D eigenvalue weighted by Gasteiger charge is -2.57. The second-order valence-electron chi connectivity index (χ2n) is 8.00. The van der Waals surface area contributed by atoms with Crippen LogP contribution in [0.4, 0.5) is 0 Å². The maximum absolute atomic E-state index is 11.7. The van der Waals surface area contributed by atoms with Gasteiger partial charge in [-0.15, -0.1) is 0 Å². The Morgan fingerprint density at radius 1 is 1.20 bits per heavy atom. The fourth-order valence-electron chi connectivity index (χ4n) is 5.46. The number of aliphatic carboxylic acids is 1. The molecule has 3 rings (SSSR count). The summed E-state index contributed by atoms with van der Waals surface area (Å²) >= 11 is 0. The first kappa shape index (κ1) is 14.1. The monoisotopic (exact) mass is 278 g/mol. The van der Waals surface area contributed by atoms with Crippen LogP contribution in [0.5, 0.6) is 0 Å². The fraction of sp³-hybridized carbons (Fsp3) is 0.882. The summed E-state index contributed by atoms with van der Waals surface area (Å²) in [5, 5.41) is 9.47. The standard InChI is InChI=1S/C17H26O3/c1-16(15(19)20)7-6-14-11(10-16)3-4-12-9-13(18)5-8-17(12,14)2/h11-12,14H,3-10H2,1-2H3,(H,19,20)/t11?,12?,14?,16-,17?/m0/s1. The molecular weight excluding hydrogens is 252 g/mol. The zero-order chi connectivity index (χ0) is 14.5.